The van der Waals surface area contributed by atoms with Gasteiger partial charge in [0.05, 0.1) is 0 Å². The lowest BCUT2D eigenvalue weighted by Crippen LogP contribution is -2.00. The maximum absolute atomic E-state index is 5.15. The van der Waals surface area contributed by atoms with Gasteiger partial charge in [0.2, 0.25) is 0 Å². The second-order valence-corrected chi connectivity index (χ2v) is 13.3. The highest BCUT2D eigenvalue weighted by atomic mass is 15.0. The van der Waals surface area contributed by atoms with Gasteiger partial charge in [-0.25, -0.2) is 15.0 Å². The van der Waals surface area contributed by atoms with Gasteiger partial charge in [0.25, 0.3) is 0 Å². The Hall–Kier alpha value is -6.97. The first-order valence-corrected chi connectivity index (χ1v) is 17.6. The monoisotopic (exact) mass is 661 g/mol. The van der Waals surface area contributed by atoms with Crippen LogP contribution in [-0.2, 0) is 0 Å². The third kappa shape index (κ3) is 5.46. The number of aromatic nitrogens is 3. The topological polar surface area (TPSA) is 38.7 Å². The standard InChI is InChI=1S/C49H31N3/c1-2-10-32(11-3-1)37-20-21-40-28-38(22-23-39(40)27-37)36-16-8-17-42(29-36)47-50-48(52-49(51-47)46-19-9-15-33-12-6-7-18-45(33)46)43-25-24-41-26-34-13-4-5-14-35(34)30-44(41)31-43/h1-31H. The Morgan fingerprint density at radius 1 is 0.231 bits per heavy atom. The van der Waals surface area contributed by atoms with E-state index in [1.165, 1.54) is 38.1 Å². The van der Waals surface area contributed by atoms with Crippen molar-refractivity contribution in [2.45, 2.75) is 0 Å². The molecule has 3 nitrogen and oxygen atoms in total. The third-order valence-corrected chi connectivity index (χ3v) is 10.0. The molecular weight excluding hydrogens is 631 g/mol. The Kier molecular flexibility index (Phi) is 7.14. The average Bonchev–Trinajstić information content (AvgIpc) is 3.22. The van der Waals surface area contributed by atoms with Crippen molar-refractivity contribution in [3.05, 3.63) is 188 Å². The molecular formula is C49H31N3. The van der Waals surface area contributed by atoms with Crippen molar-refractivity contribution in [3.8, 4) is 56.4 Å². The fourth-order valence-electron chi connectivity index (χ4n) is 7.33. The van der Waals surface area contributed by atoms with Gasteiger partial charge in [0, 0.05) is 16.7 Å². The summed E-state index contributed by atoms with van der Waals surface area (Å²) in [5.41, 5.74) is 7.57. The zero-order valence-corrected chi connectivity index (χ0v) is 28.2. The van der Waals surface area contributed by atoms with Gasteiger partial charge in [-0.2, -0.15) is 0 Å². The molecule has 0 aliphatic rings. The molecule has 10 rings (SSSR count). The fourth-order valence-corrected chi connectivity index (χ4v) is 7.33. The molecule has 0 fully saturated rings. The largest absolute Gasteiger partial charge is 0.208 e. The minimum atomic E-state index is 0.640. The molecule has 0 N–H and O–H groups in total. The average molecular weight is 662 g/mol. The van der Waals surface area contributed by atoms with Crippen LogP contribution in [-0.4, -0.2) is 15.0 Å². The fraction of sp³-hybridized carbons (Fsp3) is 0. The summed E-state index contributed by atoms with van der Waals surface area (Å²) >= 11 is 0. The summed E-state index contributed by atoms with van der Waals surface area (Å²) in [6, 6.07) is 66.6. The molecule has 3 heteroatoms. The highest BCUT2D eigenvalue weighted by Crippen LogP contribution is 2.34. The number of rotatable bonds is 5. The highest BCUT2D eigenvalue weighted by Gasteiger charge is 2.15. The van der Waals surface area contributed by atoms with Gasteiger partial charge in [0.1, 0.15) is 0 Å². The van der Waals surface area contributed by atoms with Crippen LogP contribution in [0.1, 0.15) is 0 Å². The second kappa shape index (κ2) is 12.4. The van der Waals surface area contributed by atoms with E-state index in [0.717, 1.165) is 44.0 Å². The normalized spacial score (nSPS) is 11.5. The van der Waals surface area contributed by atoms with Crippen molar-refractivity contribution in [1.82, 2.24) is 15.0 Å². The summed E-state index contributed by atoms with van der Waals surface area (Å²) in [5, 5.41) is 9.45. The van der Waals surface area contributed by atoms with E-state index in [1.54, 1.807) is 0 Å². The third-order valence-electron chi connectivity index (χ3n) is 10.0. The summed E-state index contributed by atoms with van der Waals surface area (Å²) in [5.74, 6) is 1.94. The van der Waals surface area contributed by atoms with E-state index in [9.17, 15) is 0 Å². The Morgan fingerprint density at radius 2 is 0.673 bits per heavy atom. The van der Waals surface area contributed by atoms with Crippen LogP contribution in [0.3, 0.4) is 0 Å². The maximum Gasteiger partial charge on any atom is 0.164 e. The molecule has 0 bridgehead atoms. The lowest BCUT2D eigenvalue weighted by molar-refractivity contribution is 1.08. The van der Waals surface area contributed by atoms with Gasteiger partial charge in [0.15, 0.2) is 17.5 Å². The quantitative estimate of drug-likeness (QED) is 0.172. The number of benzene rings is 9. The van der Waals surface area contributed by atoms with Crippen molar-refractivity contribution in [1.29, 1.82) is 0 Å². The molecule has 0 aliphatic carbocycles. The van der Waals surface area contributed by atoms with Crippen molar-refractivity contribution in [2.75, 3.05) is 0 Å². The van der Waals surface area contributed by atoms with Crippen molar-refractivity contribution >= 4 is 43.1 Å². The van der Waals surface area contributed by atoms with Gasteiger partial charge in [-0.1, -0.05) is 152 Å². The van der Waals surface area contributed by atoms with Gasteiger partial charge in [-0.3, -0.25) is 0 Å². The predicted octanol–water partition coefficient (Wildman–Crippen LogP) is 12.8. The van der Waals surface area contributed by atoms with E-state index in [-0.39, 0.29) is 0 Å². The first-order chi connectivity index (χ1) is 25.7. The smallest absolute Gasteiger partial charge is 0.164 e. The molecule has 242 valence electrons. The summed E-state index contributed by atoms with van der Waals surface area (Å²) < 4.78 is 0. The molecule has 0 saturated carbocycles. The van der Waals surface area contributed by atoms with E-state index in [1.807, 2.05) is 0 Å². The predicted molar refractivity (Wildman–Crippen MR) is 217 cm³/mol. The second-order valence-electron chi connectivity index (χ2n) is 13.3. The van der Waals surface area contributed by atoms with Crippen LogP contribution in [0.5, 0.6) is 0 Å². The SMILES string of the molecule is c1ccc(-c2ccc3cc(-c4cccc(-c5nc(-c6ccc7cc8ccccc8cc7c6)nc(-c6cccc7ccccc67)n5)c4)ccc3c2)cc1. The van der Waals surface area contributed by atoms with Gasteiger partial charge >= 0.3 is 0 Å². The first kappa shape index (κ1) is 29.9. The van der Waals surface area contributed by atoms with Gasteiger partial charge in [-0.05, 0) is 102 Å². The molecule has 0 unspecified atom stereocenters. The number of hydrogen-bond donors (Lipinski definition) is 0. The Labute approximate surface area is 301 Å². The zero-order chi connectivity index (χ0) is 34.4. The molecule has 10 aromatic rings. The van der Waals surface area contributed by atoms with Crippen LogP contribution >= 0.6 is 0 Å². The number of hydrogen-bond acceptors (Lipinski definition) is 3. The zero-order valence-electron chi connectivity index (χ0n) is 28.2. The van der Waals surface area contributed by atoms with Crippen LogP contribution in [0.25, 0.3) is 99.5 Å². The molecule has 9 aromatic carbocycles. The highest BCUT2D eigenvalue weighted by molar-refractivity contribution is 6.00. The Balaban J connectivity index is 1.10. The molecule has 52 heavy (non-hydrogen) atoms. The summed E-state index contributed by atoms with van der Waals surface area (Å²) in [6.45, 7) is 0. The van der Waals surface area contributed by atoms with Crippen LogP contribution in [0, 0.1) is 0 Å². The minimum absolute atomic E-state index is 0.640. The molecule has 1 heterocycles. The van der Waals surface area contributed by atoms with E-state index < -0.39 is 0 Å². The van der Waals surface area contributed by atoms with Crippen LogP contribution in [0.4, 0.5) is 0 Å². The van der Waals surface area contributed by atoms with E-state index >= 15 is 0 Å². The molecule has 0 spiro atoms. The Morgan fingerprint density at radius 3 is 1.42 bits per heavy atom. The van der Waals surface area contributed by atoms with E-state index in [0.29, 0.717) is 17.5 Å². The summed E-state index contributed by atoms with van der Waals surface area (Å²) in [7, 11) is 0. The van der Waals surface area contributed by atoms with E-state index in [2.05, 4.69) is 188 Å². The first-order valence-electron chi connectivity index (χ1n) is 17.6. The van der Waals surface area contributed by atoms with Crippen LogP contribution in [0.15, 0.2) is 188 Å². The summed E-state index contributed by atoms with van der Waals surface area (Å²) in [6.07, 6.45) is 0. The molecule has 0 amide bonds. The van der Waals surface area contributed by atoms with Gasteiger partial charge < -0.3 is 0 Å². The summed E-state index contributed by atoms with van der Waals surface area (Å²) in [4.78, 5) is 15.4. The lowest BCUT2D eigenvalue weighted by atomic mass is 9.97. The number of nitrogens with zero attached hydrogens (tertiary/aromatic N) is 3. The molecule has 0 atom stereocenters. The van der Waals surface area contributed by atoms with Crippen molar-refractivity contribution < 1.29 is 0 Å². The minimum Gasteiger partial charge on any atom is -0.208 e. The molecule has 0 saturated heterocycles. The molecule has 1 aromatic heterocycles. The van der Waals surface area contributed by atoms with Gasteiger partial charge in [-0.15, -0.1) is 0 Å². The Bertz CT molecular complexity index is 2960. The molecule has 0 aliphatic heterocycles. The van der Waals surface area contributed by atoms with Crippen molar-refractivity contribution in [3.63, 3.8) is 0 Å². The molecule has 0 radical (unpaired) electrons. The number of fused-ring (bicyclic) bond motifs is 4. The lowest BCUT2D eigenvalue weighted by Gasteiger charge is -2.12. The van der Waals surface area contributed by atoms with Crippen molar-refractivity contribution in [2.24, 2.45) is 0 Å². The van der Waals surface area contributed by atoms with Crippen LogP contribution < -0.4 is 0 Å². The van der Waals surface area contributed by atoms with Crippen LogP contribution in [0.2, 0.25) is 0 Å². The van der Waals surface area contributed by atoms with E-state index in [4.69, 9.17) is 15.0 Å². The maximum atomic E-state index is 5.15.